The first kappa shape index (κ1) is 12.9. The van der Waals surface area contributed by atoms with E-state index in [2.05, 4.69) is 5.32 Å². The van der Waals surface area contributed by atoms with Crippen LogP contribution < -0.4 is 5.32 Å². The van der Waals surface area contributed by atoms with Crippen LogP contribution in [0.3, 0.4) is 0 Å². The number of piperidine rings is 2. The minimum Gasteiger partial charge on any atom is -0.330 e. The predicted octanol–water partition coefficient (Wildman–Crippen LogP) is 0.352. The van der Waals surface area contributed by atoms with E-state index in [0.717, 1.165) is 38.8 Å². The number of hydrogen-bond donors (Lipinski definition) is 1. The van der Waals surface area contributed by atoms with E-state index in [1.807, 2.05) is 0 Å². The molecular weight excluding hydrogens is 242 g/mol. The average Bonchev–Trinajstić information content (AvgIpc) is 2.46. The maximum atomic E-state index is 12.5. The van der Waals surface area contributed by atoms with E-state index in [1.165, 1.54) is 12.8 Å². The molecule has 0 spiro atoms. The minimum absolute atomic E-state index is 0.139. The van der Waals surface area contributed by atoms with Gasteiger partial charge in [-0.15, -0.1) is 0 Å². The van der Waals surface area contributed by atoms with Gasteiger partial charge >= 0.3 is 0 Å². The number of nitrogens with one attached hydrogen (secondary N) is 1. The average molecular weight is 265 g/mol. The molecule has 3 saturated heterocycles. The Morgan fingerprint density at radius 3 is 2.74 bits per heavy atom. The molecule has 0 aliphatic carbocycles. The van der Waals surface area contributed by atoms with Gasteiger partial charge in [0.05, 0.1) is 6.54 Å². The molecule has 19 heavy (non-hydrogen) atoms. The van der Waals surface area contributed by atoms with Gasteiger partial charge in [-0.25, -0.2) is 0 Å². The van der Waals surface area contributed by atoms with Gasteiger partial charge in [0.25, 0.3) is 0 Å². The van der Waals surface area contributed by atoms with E-state index >= 15 is 0 Å². The van der Waals surface area contributed by atoms with E-state index in [-0.39, 0.29) is 24.4 Å². The highest BCUT2D eigenvalue weighted by Gasteiger charge is 2.40. The van der Waals surface area contributed by atoms with Gasteiger partial charge in [-0.3, -0.25) is 9.59 Å². The number of piperazine rings is 1. The third kappa shape index (κ3) is 2.61. The maximum Gasteiger partial charge on any atom is 0.245 e. The molecule has 2 unspecified atom stereocenters. The molecule has 5 nitrogen and oxygen atoms in total. The molecule has 106 valence electrons. The van der Waals surface area contributed by atoms with Crippen LogP contribution in [-0.4, -0.2) is 59.9 Å². The molecule has 3 aliphatic rings. The smallest absolute Gasteiger partial charge is 0.245 e. The van der Waals surface area contributed by atoms with Crippen molar-refractivity contribution in [1.29, 1.82) is 0 Å². The molecule has 2 amide bonds. The second-order valence-electron chi connectivity index (χ2n) is 5.96. The number of carbonyl (C=O) groups excluding carboxylic acids is 2. The monoisotopic (exact) mass is 265 g/mol. The zero-order valence-corrected chi connectivity index (χ0v) is 11.4. The highest BCUT2D eigenvalue weighted by atomic mass is 16.2. The first-order valence-electron chi connectivity index (χ1n) is 7.57. The molecule has 2 atom stereocenters. The van der Waals surface area contributed by atoms with Gasteiger partial charge in [-0.05, 0) is 38.6 Å². The Labute approximate surface area is 114 Å². The summed E-state index contributed by atoms with van der Waals surface area (Å²) in [5.74, 6) is 0.312. The molecule has 1 N–H and O–H groups in total. The van der Waals surface area contributed by atoms with Crippen molar-refractivity contribution in [2.45, 2.75) is 50.6 Å². The van der Waals surface area contributed by atoms with Crippen molar-refractivity contribution < 1.29 is 9.59 Å². The van der Waals surface area contributed by atoms with Crippen LogP contribution in [0.4, 0.5) is 0 Å². The van der Waals surface area contributed by atoms with E-state index in [9.17, 15) is 9.59 Å². The van der Waals surface area contributed by atoms with Gasteiger partial charge in [0.15, 0.2) is 0 Å². The molecule has 3 fully saturated rings. The number of fused-ring (bicyclic) bond motifs is 1. The SMILES string of the molecule is O=C1C2CCCCN2C(=O)CN1CC1CCCCN1. The molecule has 5 heteroatoms. The zero-order valence-electron chi connectivity index (χ0n) is 11.4. The normalized spacial score (nSPS) is 32.4. The summed E-state index contributed by atoms with van der Waals surface area (Å²) in [6.45, 7) is 2.80. The Kier molecular flexibility index (Phi) is 3.73. The fraction of sp³-hybridized carbons (Fsp3) is 0.857. The van der Waals surface area contributed by atoms with E-state index in [0.29, 0.717) is 12.6 Å². The summed E-state index contributed by atoms with van der Waals surface area (Å²) in [5.41, 5.74) is 0. The summed E-state index contributed by atoms with van der Waals surface area (Å²) < 4.78 is 0. The summed E-state index contributed by atoms with van der Waals surface area (Å²) >= 11 is 0. The summed E-state index contributed by atoms with van der Waals surface area (Å²) in [7, 11) is 0. The lowest BCUT2D eigenvalue weighted by atomic mass is 9.97. The highest BCUT2D eigenvalue weighted by Crippen LogP contribution is 2.23. The lowest BCUT2D eigenvalue weighted by Crippen LogP contribution is -2.63. The van der Waals surface area contributed by atoms with Gasteiger partial charge in [-0.1, -0.05) is 6.42 Å². The van der Waals surface area contributed by atoms with Gasteiger partial charge < -0.3 is 15.1 Å². The van der Waals surface area contributed by atoms with E-state index < -0.39 is 0 Å². The molecule has 0 bridgehead atoms. The van der Waals surface area contributed by atoms with Crippen molar-refractivity contribution in [1.82, 2.24) is 15.1 Å². The third-order valence-electron chi connectivity index (χ3n) is 4.60. The Hall–Kier alpha value is -1.10. The molecule has 0 aromatic carbocycles. The quantitative estimate of drug-likeness (QED) is 0.784. The topological polar surface area (TPSA) is 52.7 Å². The highest BCUT2D eigenvalue weighted by molar-refractivity contribution is 5.95. The van der Waals surface area contributed by atoms with Gasteiger partial charge in [-0.2, -0.15) is 0 Å². The molecule has 3 heterocycles. The van der Waals surface area contributed by atoms with E-state index in [1.54, 1.807) is 9.80 Å². The van der Waals surface area contributed by atoms with Crippen molar-refractivity contribution >= 4 is 11.8 Å². The lowest BCUT2D eigenvalue weighted by molar-refractivity contribution is -0.158. The predicted molar refractivity (Wildman–Crippen MR) is 71.6 cm³/mol. The summed E-state index contributed by atoms with van der Waals surface area (Å²) in [5, 5.41) is 3.46. The Balaban J connectivity index is 1.65. The Morgan fingerprint density at radius 2 is 1.95 bits per heavy atom. The Bertz CT molecular complexity index is 366. The lowest BCUT2D eigenvalue weighted by Gasteiger charge is -2.43. The van der Waals surface area contributed by atoms with Gasteiger partial charge in [0, 0.05) is 19.1 Å². The number of carbonyl (C=O) groups is 2. The van der Waals surface area contributed by atoms with Crippen molar-refractivity contribution in [2.24, 2.45) is 0 Å². The first-order valence-corrected chi connectivity index (χ1v) is 7.57. The summed E-state index contributed by atoms with van der Waals surface area (Å²) in [6.07, 6.45) is 6.52. The molecule has 0 saturated carbocycles. The van der Waals surface area contributed by atoms with Crippen LogP contribution in [0, 0.1) is 0 Å². The number of hydrogen-bond acceptors (Lipinski definition) is 3. The molecule has 0 radical (unpaired) electrons. The molecular formula is C14H23N3O2. The van der Waals surface area contributed by atoms with Crippen molar-refractivity contribution in [3.05, 3.63) is 0 Å². The minimum atomic E-state index is -0.168. The maximum absolute atomic E-state index is 12.5. The van der Waals surface area contributed by atoms with Crippen LogP contribution in [0.5, 0.6) is 0 Å². The number of amides is 2. The summed E-state index contributed by atoms with van der Waals surface area (Å²) in [6, 6.07) is 0.208. The van der Waals surface area contributed by atoms with E-state index in [4.69, 9.17) is 0 Å². The van der Waals surface area contributed by atoms with Crippen LogP contribution in [0.15, 0.2) is 0 Å². The number of rotatable bonds is 2. The largest absolute Gasteiger partial charge is 0.330 e. The van der Waals surface area contributed by atoms with Crippen molar-refractivity contribution in [3.63, 3.8) is 0 Å². The number of nitrogens with zero attached hydrogens (tertiary/aromatic N) is 2. The Morgan fingerprint density at radius 1 is 1.11 bits per heavy atom. The standard InChI is InChI=1S/C14H23N3O2/c18-13-10-16(9-11-5-1-3-7-15-11)14(19)12-6-2-4-8-17(12)13/h11-12,15H,1-10H2. The fourth-order valence-electron chi connectivity index (χ4n) is 3.53. The fourth-order valence-corrected chi connectivity index (χ4v) is 3.53. The van der Waals surface area contributed by atoms with Crippen LogP contribution in [0.25, 0.3) is 0 Å². The molecule has 0 aromatic heterocycles. The van der Waals surface area contributed by atoms with Crippen LogP contribution in [0.1, 0.15) is 38.5 Å². The van der Waals surface area contributed by atoms with Crippen LogP contribution >= 0.6 is 0 Å². The van der Waals surface area contributed by atoms with Crippen LogP contribution in [0.2, 0.25) is 0 Å². The first-order chi connectivity index (χ1) is 9.25. The summed E-state index contributed by atoms with van der Waals surface area (Å²) in [4.78, 5) is 28.2. The van der Waals surface area contributed by atoms with Gasteiger partial charge in [0.2, 0.25) is 11.8 Å². The second kappa shape index (κ2) is 5.49. The van der Waals surface area contributed by atoms with Gasteiger partial charge in [0.1, 0.15) is 6.04 Å². The second-order valence-corrected chi connectivity index (χ2v) is 5.96. The third-order valence-corrected chi connectivity index (χ3v) is 4.60. The molecule has 0 aromatic rings. The molecule has 3 aliphatic heterocycles. The van der Waals surface area contributed by atoms with Crippen molar-refractivity contribution in [2.75, 3.05) is 26.2 Å². The zero-order chi connectivity index (χ0) is 13.2. The molecule has 3 rings (SSSR count). The van der Waals surface area contributed by atoms with Crippen molar-refractivity contribution in [3.8, 4) is 0 Å². The van der Waals surface area contributed by atoms with Crippen LogP contribution in [-0.2, 0) is 9.59 Å².